The highest BCUT2D eigenvalue weighted by molar-refractivity contribution is 6.26. The fraction of sp³-hybridized carbons (Fsp3) is 0. The maximum Gasteiger partial charge on any atom is 0.143 e. The molecule has 2 aromatic heterocycles. The number of nitrogens with zero attached hydrogens (tertiary/aromatic N) is 1. The van der Waals surface area contributed by atoms with Crippen LogP contribution >= 0.6 is 0 Å². The average Bonchev–Trinajstić information content (AvgIpc) is 3.93. The van der Waals surface area contributed by atoms with Crippen molar-refractivity contribution in [2.24, 2.45) is 0 Å². The second-order valence-electron chi connectivity index (χ2n) is 17.5. The Morgan fingerprint density at radius 2 is 0.697 bits per heavy atom. The predicted octanol–water partition coefficient (Wildman–Crippen LogP) is 18.0. The Morgan fingerprint density at radius 3 is 1.29 bits per heavy atom. The number of hydrogen-bond acceptors (Lipinski definition) is 1. The van der Waals surface area contributed by atoms with Crippen LogP contribution in [-0.2, 0) is 0 Å². The molecule has 0 aliphatic heterocycles. The van der Waals surface area contributed by atoms with Crippen LogP contribution in [0.25, 0.3) is 137 Å². The first-order valence-corrected chi connectivity index (χ1v) is 22.8. The molecular weight excluding hydrogens is 799 g/mol. The highest BCUT2D eigenvalue weighted by atomic mass is 16.3. The molecule has 0 unspecified atom stereocenters. The van der Waals surface area contributed by atoms with E-state index < -0.39 is 0 Å². The number of aromatic nitrogens is 1. The molecule has 306 valence electrons. The Hall–Kier alpha value is -8.72. The lowest BCUT2D eigenvalue weighted by Gasteiger charge is -2.18. The number of rotatable bonds is 5. The first kappa shape index (κ1) is 36.7. The molecule has 0 bridgehead atoms. The van der Waals surface area contributed by atoms with Crippen LogP contribution in [-0.4, -0.2) is 4.57 Å². The molecule has 0 aliphatic carbocycles. The van der Waals surface area contributed by atoms with Gasteiger partial charge >= 0.3 is 0 Å². The molecule has 0 saturated heterocycles. The predicted molar refractivity (Wildman–Crippen MR) is 280 cm³/mol. The van der Waals surface area contributed by atoms with Crippen LogP contribution in [0.1, 0.15) is 0 Å². The lowest BCUT2D eigenvalue weighted by molar-refractivity contribution is 0.670. The molecule has 0 saturated carbocycles. The van der Waals surface area contributed by atoms with Gasteiger partial charge in [-0.3, -0.25) is 0 Å². The normalized spacial score (nSPS) is 11.9. The van der Waals surface area contributed by atoms with Gasteiger partial charge in [0.1, 0.15) is 11.2 Å². The highest BCUT2D eigenvalue weighted by Crippen LogP contribution is 2.49. The molecule has 2 heterocycles. The smallest absolute Gasteiger partial charge is 0.143 e. The van der Waals surface area contributed by atoms with Crippen LogP contribution in [0.15, 0.2) is 241 Å². The van der Waals surface area contributed by atoms with Crippen LogP contribution in [0.4, 0.5) is 0 Å². The van der Waals surface area contributed by atoms with Gasteiger partial charge in [-0.1, -0.05) is 200 Å². The molecule has 2 nitrogen and oxygen atoms in total. The molecule has 0 N–H and O–H groups in total. The van der Waals surface area contributed by atoms with E-state index in [1.165, 1.54) is 104 Å². The van der Waals surface area contributed by atoms with Crippen LogP contribution in [0, 0.1) is 0 Å². The SMILES string of the molecule is c1ccc(-c2c3ccccc3c(-c3ccc4oc5c(-c6c7ccccc7c(-c7ccc8c9ccccc9n(-c9ccccc9)c8c7)c7ccccc67)cccc5c4c3)c3ccccc23)cc1. The standard InChI is InChI=1S/C64H39NO/c1-3-18-40(19-4-1)60-46-23-7-9-25-48(46)61(49-26-10-8-24-47(49)60)41-35-37-59-56(38-41)54-31-17-32-55(64(54)66-59)63-52-29-13-11-27-50(52)62(51-28-12-14-30-53(51)63)42-34-36-45-44-22-15-16-33-57(44)65(58(45)39-42)43-20-5-2-6-21-43/h1-39H. The fourth-order valence-corrected chi connectivity index (χ4v) is 11.2. The van der Waals surface area contributed by atoms with Gasteiger partial charge in [0, 0.05) is 38.4 Å². The monoisotopic (exact) mass is 837 g/mol. The first-order chi connectivity index (χ1) is 32.8. The van der Waals surface area contributed by atoms with E-state index in [1.807, 2.05) is 0 Å². The third-order valence-electron chi connectivity index (χ3n) is 14.0. The zero-order chi connectivity index (χ0) is 43.3. The van der Waals surface area contributed by atoms with Crippen molar-refractivity contribution in [3.63, 3.8) is 0 Å². The quantitative estimate of drug-likeness (QED) is 0.158. The van der Waals surface area contributed by atoms with Crippen molar-refractivity contribution in [2.45, 2.75) is 0 Å². The zero-order valence-electron chi connectivity index (χ0n) is 35.9. The van der Waals surface area contributed by atoms with Crippen molar-refractivity contribution >= 4 is 86.8 Å². The Labute approximate surface area is 380 Å². The Balaban J connectivity index is 0.990. The summed E-state index contributed by atoms with van der Waals surface area (Å²) in [5.41, 5.74) is 14.9. The van der Waals surface area contributed by atoms with Crippen LogP contribution in [0.5, 0.6) is 0 Å². The number of furan rings is 1. The molecule has 12 aromatic carbocycles. The fourth-order valence-electron chi connectivity index (χ4n) is 11.2. The van der Waals surface area contributed by atoms with Gasteiger partial charge in [0.05, 0.1) is 11.0 Å². The van der Waals surface area contributed by atoms with Gasteiger partial charge in [-0.15, -0.1) is 0 Å². The summed E-state index contributed by atoms with van der Waals surface area (Å²) in [6, 6.07) is 86.3. The Morgan fingerprint density at radius 1 is 0.258 bits per heavy atom. The molecule has 0 fully saturated rings. The zero-order valence-corrected chi connectivity index (χ0v) is 35.9. The van der Waals surface area contributed by atoms with Crippen molar-refractivity contribution < 1.29 is 4.42 Å². The van der Waals surface area contributed by atoms with Gasteiger partial charge in [0.2, 0.25) is 0 Å². The highest BCUT2D eigenvalue weighted by Gasteiger charge is 2.23. The molecule has 2 heteroatoms. The molecule has 0 atom stereocenters. The summed E-state index contributed by atoms with van der Waals surface area (Å²) in [6.45, 7) is 0. The summed E-state index contributed by atoms with van der Waals surface area (Å²) in [4.78, 5) is 0. The summed E-state index contributed by atoms with van der Waals surface area (Å²) in [5, 5.41) is 14.5. The van der Waals surface area contributed by atoms with E-state index in [2.05, 4.69) is 241 Å². The lowest BCUT2D eigenvalue weighted by atomic mass is 9.85. The van der Waals surface area contributed by atoms with E-state index in [0.29, 0.717) is 0 Å². The van der Waals surface area contributed by atoms with E-state index in [0.717, 1.165) is 33.2 Å². The van der Waals surface area contributed by atoms with Gasteiger partial charge in [0.25, 0.3) is 0 Å². The van der Waals surface area contributed by atoms with E-state index in [1.54, 1.807) is 0 Å². The molecule has 0 radical (unpaired) electrons. The minimum absolute atomic E-state index is 0.878. The van der Waals surface area contributed by atoms with Crippen LogP contribution in [0.2, 0.25) is 0 Å². The summed E-state index contributed by atoms with van der Waals surface area (Å²) >= 11 is 0. The van der Waals surface area contributed by atoms with Crippen molar-refractivity contribution in [3.05, 3.63) is 237 Å². The third-order valence-corrected chi connectivity index (χ3v) is 14.0. The molecule has 0 spiro atoms. The van der Waals surface area contributed by atoms with Gasteiger partial charge < -0.3 is 8.98 Å². The van der Waals surface area contributed by atoms with Crippen molar-refractivity contribution in [1.29, 1.82) is 0 Å². The Bertz CT molecular complexity index is 4160. The number of benzene rings is 12. The minimum Gasteiger partial charge on any atom is -0.455 e. The maximum absolute atomic E-state index is 7.02. The molecule has 0 amide bonds. The van der Waals surface area contributed by atoms with Crippen molar-refractivity contribution in [3.8, 4) is 50.2 Å². The van der Waals surface area contributed by atoms with Gasteiger partial charge in [-0.2, -0.15) is 0 Å². The van der Waals surface area contributed by atoms with Crippen molar-refractivity contribution in [2.75, 3.05) is 0 Å². The summed E-state index contributed by atoms with van der Waals surface area (Å²) in [7, 11) is 0. The van der Waals surface area contributed by atoms with E-state index in [9.17, 15) is 0 Å². The number of fused-ring (bicyclic) bond motifs is 10. The third kappa shape index (κ3) is 5.36. The van der Waals surface area contributed by atoms with Gasteiger partial charge in [-0.05, 0) is 113 Å². The molecule has 66 heavy (non-hydrogen) atoms. The molecule has 0 aliphatic rings. The molecular formula is C64H39NO. The van der Waals surface area contributed by atoms with E-state index in [-0.39, 0.29) is 0 Å². The van der Waals surface area contributed by atoms with E-state index in [4.69, 9.17) is 4.42 Å². The summed E-state index contributed by atoms with van der Waals surface area (Å²) in [5.74, 6) is 0. The molecule has 14 aromatic rings. The topological polar surface area (TPSA) is 18.1 Å². The number of hydrogen-bond donors (Lipinski definition) is 0. The Kier molecular flexibility index (Phi) is 8.02. The average molecular weight is 838 g/mol. The minimum atomic E-state index is 0.878. The summed E-state index contributed by atoms with van der Waals surface area (Å²) in [6.07, 6.45) is 0. The maximum atomic E-state index is 7.02. The molecule has 14 rings (SSSR count). The van der Waals surface area contributed by atoms with Gasteiger partial charge in [-0.25, -0.2) is 0 Å². The second kappa shape index (κ2) is 14.4. The second-order valence-corrected chi connectivity index (χ2v) is 17.5. The van der Waals surface area contributed by atoms with Crippen LogP contribution < -0.4 is 0 Å². The van der Waals surface area contributed by atoms with Crippen LogP contribution in [0.3, 0.4) is 0 Å². The van der Waals surface area contributed by atoms with Gasteiger partial charge in [0.15, 0.2) is 0 Å². The van der Waals surface area contributed by atoms with E-state index >= 15 is 0 Å². The number of para-hydroxylation sites is 3. The van der Waals surface area contributed by atoms with Crippen molar-refractivity contribution in [1.82, 2.24) is 4.57 Å². The lowest BCUT2D eigenvalue weighted by Crippen LogP contribution is -1.94. The largest absolute Gasteiger partial charge is 0.455 e. The summed E-state index contributed by atoms with van der Waals surface area (Å²) < 4.78 is 9.43. The first-order valence-electron chi connectivity index (χ1n) is 22.8.